The molecule has 1 saturated carbocycles. The Kier molecular flexibility index (Phi) is 5.63. The number of piperidine rings is 1. The summed E-state index contributed by atoms with van der Waals surface area (Å²) in [6.45, 7) is 0.974. The van der Waals surface area contributed by atoms with Gasteiger partial charge in [-0.3, -0.25) is 4.79 Å². The second-order valence-corrected chi connectivity index (χ2v) is 9.95. The van der Waals surface area contributed by atoms with Gasteiger partial charge in [0.15, 0.2) is 0 Å². The maximum absolute atomic E-state index is 14.4. The maximum Gasteiger partial charge on any atom is 0.226 e. The highest BCUT2D eigenvalue weighted by atomic mass is 32.2. The molecule has 1 aliphatic carbocycles. The van der Waals surface area contributed by atoms with Crippen molar-refractivity contribution in [1.82, 2.24) is 9.62 Å². The van der Waals surface area contributed by atoms with Crippen molar-refractivity contribution in [1.29, 1.82) is 0 Å². The highest BCUT2D eigenvalue weighted by Gasteiger charge is 2.47. The Morgan fingerprint density at radius 1 is 1.13 bits per heavy atom. The number of amides is 1. The summed E-state index contributed by atoms with van der Waals surface area (Å²) in [7, 11) is -3.32. The summed E-state index contributed by atoms with van der Waals surface area (Å²) in [5.74, 6) is -1.48. The van der Waals surface area contributed by atoms with Gasteiger partial charge < -0.3 is 4.90 Å². The molecule has 5 nitrogen and oxygen atoms in total. The number of benzene rings is 2. The van der Waals surface area contributed by atoms with Crippen LogP contribution in [0.3, 0.4) is 0 Å². The summed E-state index contributed by atoms with van der Waals surface area (Å²) in [5, 5.41) is 0. The minimum Gasteiger partial charge on any atom is -0.341 e. The fourth-order valence-electron chi connectivity index (χ4n) is 4.40. The van der Waals surface area contributed by atoms with Crippen molar-refractivity contribution >= 4 is 15.9 Å². The Balaban J connectivity index is 1.50. The first-order valence-electron chi connectivity index (χ1n) is 10.0. The highest BCUT2D eigenvalue weighted by Crippen LogP contribution is 2.51. The first-order chi connectivity index (χ1) is 14.2. The van der Waals surface area contributed by atoms with Crippen molar-refractivity contribution < 1.29 is 22.0 Å². The van der Waals surface area contributed by atoms with Crippen LogP contribution in [0, 0.1) is 17.6 Å². The van der Waals surface area contributed by atoms with Crippen LogP contribution in [0.25, 0.3) is 11.1 Å². The lowest BCUT2D eigenvalue weighted by Crippen LogP contribution is -2.49. The third-order valence-corrected chi connectivity index (χ3v) is 6.56. The fourth-order valence-corrected chi connectivity index (χ4v) is 5.19. The van der Waals surface area contributed by atoms with Gasteiger partial charge in [0.2, 0.25) is 15.9 Å². The average Bonchev–Trinajstić information content (AvgIpc) is 3.47. The van der Waals surface area contributed by atoms with Crippen LogP contribution >= 0.6 is 0 Å². The molecule has 30 heavy (non-hydrogen) atoms. The Hall–Kier alpha value is -2.32. The smallest absolute Gasteiger partial charge is 0.226 e. The zero-order valence-corrected chi connectivity index (χ0v) is 17.5. The molecule has 0 unspecified atom stereocenters. The van der Waals surface area contributed by atoms with Crippen LogP contribution in [0.5, 0.6) is 0 Å². The fraction of sp³-hybridized carbons (Fsp3) is 0.409. The molecule has 1 saturated heterocycles. The number of hydrogen-bond acceptors (Lipinski definition) is 3. The predicted molar refractivity (Wildman–Crippen MR) is 110 cm³/mol. The zero-order chi connectivity index (χ0) is 21.5. The van der Waals surface area contributed by atoms with E-state index in [4.69, 9.17) is 0 Å². The molecule has 4 rings (SSSR count). The number of nitrogens with one attached hydrogen (secondary N) is 1. The van der Waals surface area contributed by atoms with Crippen molar-refractivity contribution in [3.63, 3.8) is 0 Å². The Bertz CT molecular complexity index is 1070. The normalized spacial score (nSPS) is 24.0. The summed E-state index contributed by atoms with van der Waals surface area (Å²) in [5.41, 5.74) is 1.87. The predicted octanol–water partition coefficient (Wildman–Crippen LogP) is 3.28. The van der Waals surface area contributed by atoms with E-state index in [0.29, 0.717) is 37.1 Å². The maximum atomic E-state index is 14.4. The molecule has 2 aromatic carbocycles. The highest BCUT2D eigenvalue weighted by molar-refractivity contribution is 7.88. The first kappa shape index (κ1) is 20.9. The quantitative estimate of drug-likeness (QED) is 0.786. The van der Waals surface area contributed by atoms with Gasteiger partial charge in [-0.05, 0) is 48.4 Å². The number of rotatable bonds is 5. The number of halogens is 2. The lowest BCUT2D eigenvalue weighted by molar-refractivity contribution is -0.133. The SMILES string of the molecule is CS(=O)(=O)N[C@H]1CCCN(C(=O)[C@@H]2C[C@H]2c2ccccc2-c2ccc(F)cc2F)C1. The van der Waals surface area contributed by atoms with E-state index in [1.54, 1.807) is 17.0 Å². The summed E-state index contributed by atoms with van der Waals surface area (Å²) < 4.78 is 53.3. The number of carbonyl (C=O) groups excluding carboxylic acids is 1. The molecule has 2 fully saturated rings. The van der Waals surface area contributed by atoms with E-state index < -0.39 is 21.7 Å². The topological polar surface area (TPSA) is 66.5 Å². The van der Waals surface area contributed by atoms with Gasteiger partial charge >= 0.3 is 0 Å². The molecular formula is C22H24F2N2O3S. The molecule has 160 valence electrons. The minimum absolute atomic E-state index is 0.00869. The van der Waals surface area contributed by atoms with Gasteiger partial charge in [-0.25, -0.2) is 21.9 Å². The second kappa shape index (κ2) is 8.07. The molecular weight excluding hydrogens is 410 g/mol. The van der Waals surface area contributed by atoms with Crippen LogP contribution < -0.4 is 4.72 Å². The van der Waals surface area contributed by atoms with Gasteiger partial charge in [0.25, 0.3) is 0 Å². The molecule has 0 spiro atoms. The summed E-state index contributed by atoms with van der Waals surface area (Å²) >= 11 is 0. The third-order valence-electron chi connectivity index (χ3n) is 5.80. The Labute approximate surface area is 175 Å². The van der Waals surface area contributed by atoms with E-state index in [2.05, 4.69) is 4.72 Å². The molecule has 1 amide bonds. The number of carbonyl (C=O) groups is 1. The van der Waals surface area contributed by atoms with E-state index in [1.165, 1.54) is 12.1 Å². The zero-order valence-electron chi connectivity index (χ0n) is 16.6. The van der Waals surface area contributed by atoms with Gasteiger partial charge in [0.05, 0.1) is 6.26 Å². The van der Waals surface area contributed by atoms with Crippen LogP contribution in [0.4, 0.5) is 8.78 Å². The number of likely N-dealkylation sites (tertiary alicyclic amines) is 1. The summed E-state index contributed by atoms with van der Waals surface area (Å²) in [6, 6.07) is 10.6. The molecule has 3 atom stereocenters. The lowest BCUT2D eigenvalue weighted by atomic mass is 9.95. The van der Waals surface area contributed by atoms with Crippen molar-refractivity contribution in [2.24, 2.45) is 5.92 Å². The Morgan fingerprint density at radius 3 is 2.63 bits per heavy atom. The van der Waals surface area contributed by atoms with Gasteiger partial charge in [-0.15, -0.1) is 0 Å². The van der Waals surface area contributed by atoms with Gasteiger partial charge in [-0.2, -0.15) is 0 Å². The van der Waals surface area contributed by atoms with Crippen LogP contribution in [-0.2, 0) is 14.8 Å². The Morgan fingerprint density at radius 2 is 1.90 bits per heavy atom. The van der Waals surface area contributed by atoms with E-state index in [0.717, 1.165) is 24.3 Å². The largest absolute Gasteiger partial charge is 0.341 e. The van der Waals surface area contributed by atoms with Gasteiger partial charge in [0.1, 0.15) is 11.6 Å². The van der Waals surface area contributed by atoms with Crippen LogP contribution in [0.2, 0.25) is 0 Å². The molecule has 0 aromatic heterocycles. The minimum atomic E-state index is -3.32. The summed E-state index contributed by atoms with van der Waals surface area (Å²) in [4.78, 5) is 14.8. The van der Waals surface area contributed by atoms with E-state index in [-0.39, 0.29) is 23.8 Å². The lowest BCUT2D eigenvalue weighted by Gasteiger charge is -2.33. The van der Waals surface area contributed by atoms with Crippen molar-refractivity contribution in [3.8, 4) is 11.1 Å². The van der Waals surface area contributed by atoms with Crippen LogP contribution in [0.1, 0.15) is 30.7 Å². The molecule has 0 bridgehead atoms. The molecule has 8 heteroatoms. The van der Waals surface area contributed by atoms with E-state index in [1.807, 2.05) is 12.1 Å². The van der Waals surface area contributed by atoms with E-state index in [9.17, 15) is 22.0 Å². The number of sulfonamides is 1. The van der Waals surface area contributed by atoms with Crippen molar-refractivity contribution in [2.45, 2.75) is 31.2 Å². The monoisotopic (exact) mass is 434 g/mol. The summed E-state index contributed by atoms with van der Waals surface area (Å²) in [6.07, 6.45) is 3.24. The second-order valence-electron chi connectivity index (χ2n) is 8.17. The van der Waals surface area contributed by atoms with E-state index >= 15 is 0 Å². The first-order valence-corrected chi connectivity index (χ1v) is 11.9. The van der Waals surface area contributed by atoms with Crippen LogP contribution in [0.15, 0.2) is 42.5 Å². The molecule has 1 aliphatic heterocycles. The third kappa shape index (κ3) is 4.54. The number of nitrogens with zero attached hydrogens (tertiary/aromatic N) is 1. The van der Waals surface area contributed by atoms with Gasteiger partial charge in [-0.1, -0.05) is 24.3 Å². The standard InChI is InChI=1S/C22H24F2N2O3S/c1-30(28,29)25-15-5-4-10-26(13-15)22(27)20-12-19(20)17-7-3-2-6-16(17)18-9-8-14(23)11-21(18)24/h2-3,6-9,11,15,19-20,25H,4-5,10,12-13H2,1H3/t15-,19-,20+/m0/s1. The van der Waals surface area contributed by atoms with Crippen LogP contribution in [-0.4, -0.2) is 44.6 Å². The molecule has 0 radical (unpaired) electrons. The average molecular weight is 435 g/mol. The van der Waals surface area contributed by atoms with Crippen molar-refractivity contribution in [3.05, 3.63) is 59.7 Å². The molecule has 2 aromatic rings. The van der Waals surface area contributed by atoms with Gasteiger partial charge in [0, 0.05) is 36.7 Å². The molecule has 2 aliphatic rings. The van der Waals surface area contributed by atoms with Crippen molar-refractivity contribution in [2.75, 3.05) is 19.3 Å². The molecule has 1 N–H and O–H groups in total. The number of hydrogen-bond donors (Lipinski definition) is 1. The molecule has 1 heterocycles.